The molecule has 2 heterocycles. The predicted molar refractivity (Wildman–Crippen MR) is 47.9 cm³/mol. The summed E-state index contributed by atoms with van der Waals surface area (Å²) in [6, 6.07) is 1.81. The van der Waals surface area contributed by atoms with Gasteiger partial charge in [-0.3, -0.25) is 4.98 Å². The van der Waals surface area contributed by atoms with Crippen LogP contribution in [0.2, 0.25) is 0 Å². The largest absolute Gasteiger partial charge is 0.486 e. The van der Waals surface area contributed by atoms with Crippen molar-refractivity contribution in [2.24, 2.45) is 0 Å². The van der Waals surface area contributed by atoms with Gasteiger partial charge in [-0.1, -0.05) is 15.9 Å². The molecule has 1 unspecified atom stereocenters. The van der Waals surface area contributed by atoms with Gasteiger partial charge in [0.25, 0.3) is 0 Å². The molecule has 64 valence electrons. The van der Waals surface area contributed by atoms with Crippen molar-refractivity contribution >= 4 is 15.9 Å². The molecule has 1 aliphatic rings. The number of hydrogen-bond acceptors (Lipinski definition) is 3. The summed E-state index contributed by atoms with van der Waals surface area (Å²) >= 11 is 3.34. The van der Waals surface area contributed by atoms with Crippen LogP contribution in [0.1, 0.15) is 0 Å². The highest BCUT2D eigenvalue weighted by atomic mass is 79.9. The average Bonchev–Trinajstić information content (AvgIpc) is 2.17. The lowest BCUT2D eigenvalue weighted by Gasteiger charge is -2.24. The van der Waals surface area contributed by atoms with Gasteiger partial charge in [-0.25, -0.2) is 0 Å². The van der Waals surface area contributed by atoms with Crippen LogP contribution in [-0.4, -0.2) is 23.0 Å². The molecule has 0 radical (unpaired) electrons. The van der Waals surface area contributed by atoms with Crippen molar-refractivity contribution in [1.82, 2.24) is 4.98 Å². The molecule has 0 saturated heterocycles. The number of alkyl halides is 1. The fraction of sp³-hybridized carbons (Fsp3) is 0.375. The number of hydrogen-bond donors (Lipinski definition) is 0. The summed E-state index contributed by atoms with van der Waals surface area (Å²) in [5.41, 5.74) is 0. The molecule has 0 N–H and O–H groups in total. The van der Waals surface area contributed by atoms with E-state index in [9.17, 15) is 0 Å². The summed E-state index contributed by atoms with van der Waals surface area (Å²) in [4.78, 5) is 3.95. The number of rotatable bonds is 1. The fourth-order valence-electron chi connectivity index (χ4n) is 1.05. The summed E-state index contributed by atoms with van der Waals surface area (Å²) in [7, 11) is 0. The molecular weight excluding hydrogens is 222 g/mol. The van der Waals surface area contributed by atoms with Crippen LogP contribution >= 0.6 is 15.9 Å². The van der Waals surface area contributed by atoms with Gasteiger partial charge in [0.2, 0.25) is 0 Å². The molecule has 0 spiro atoms. The number of halogens is 1. The van der Waals surface area contributed by atoms with Gasteiger partial charge in [0, 0.05) is 17.6 Å². The molecule has 1 aromatic heterocycles. The number of nitrogens with zero attached hydrogens (tertiary/aromatic N) is 1. The van der Waals surface area contributed by atoms with Crippen molar-refractivity contribution in [3.63, 3.8) is 0 Å². The van der Waals surface area contributed by atoms with E-state index in [1.165, 1.54) is 0 Å². The van der Waals surface area contributed by atoms with Gasteiger partial charge in [0.15, 0.2) is 11.5 Å². The standard InChI is InChI=1S/C8H8BrNO2/c9-3-6-5-11-7-1-2-10-4-8(7)12-6/h1-2,4,6H,3,5H2. The first kappa shape index (κ1) is 7.86. The lowest BCUT2D eigenvalue weighted by Crippen LogP contribution is -2.30. The predicted octanol–water partition coefficient (Wildman–Crippen LogP) is 1.62. The third kappa shape index (κ3) is 1.39. The van der Waals surface area contributed by atoms with E-state index in [1.807, 2.05) is 0 Å². The van der Waals surface area contributed by atoms with Crippen LogP contribution in [-0.2, 0) is 0 Å². The van der Waals surface area contributed by atoms with E-state index in [0.717, 1.165) is 16.8 Å². The van der Waals surface area contributed by atoms with Crippen LogP contribution in [0.15, 0.2) is 18.5 Å². The van der Waals surface area contributed by atoms with Gasteiger partial charge in [-0.05, 0) is 0 Å². The summed E-state index contributed by atoms with van der Waals surface area (Å²) in [5, 5.41) is 0.779. The molecule has 2 rings (SSSR count). The van der Waals surface area contributed by atoms with Gasteiger partial charge in [0.1, 0.15) is 12.7 Å². The highest BCUT2D eigenvalue weighted by Crippen LogP contribution is 2.30. The summed E-state index contributed by atoms with van der Waals surface area (Å²) in [6.07, 6.45) is 3.46. The van der Waals surface area contributed by atoms with Crippen LogP contribution < -0.4 is 9.47 Å². The summed E-state index contributed by atoms with van der Waals surface area (Å²) in [6.45, 7) is 0.599. The monoisotopic (exact) mass is 229 g/mol. The Morgan fingerprint density at radius 1 is 1.58 bits per heavy atom. The normalized spacial score (nSPS) is 20.6. The molecular formula is C8H8BrNO2. The summed E-state index contributed by atoms with van der Waals surface area (Å²) < 4.78 is 11.0. The second kappa shape index (κ2) is 3.31. The van der Waals surface area contributed by atoms with E-state index in [1.54, 1.807) is 18.5 Å². The van der Waals surface area contributed by atoms with Crippen molar-refractivity contribution in [3.05, 3.63) is 18.5 Å². The van der Waals surface area contributed by atoms with Crippen LogP contribution in [0.3, 0.4) is 0 Å². The number of aromatic nitrogens is 1. The Balaban J connectivity index is 2.23. The van der Waals surface area contributed by atoms with Crippen molar-refractivity contribution in [2.75, 3.05) is 11.9 Å². The highest BCUT2D eigenvalue weighted by Gasteiger charge is 2.19. The molecule has 12 heavy (non-hydrogen) atoms. The van der Waals surface area contributed by atoms with Crippen LogP contribution in [0.5, 0.6) is 11.5 Å². The van der Waals surface area contributed by atoms with E-state index in [-0.39, 0.29) is 6.10 Å². The van der Waals surface area contributed by atoms with Gasteiger partial charge in [0.05, 0.1) is 6.20 Å². The second-order valence-corrected chi connectivity index (χ2v) is 3.18. The smallest absolute Gasteiger partial charge is 0.180 e. The van der Waals surface area contributed by atoms with Crippen LogP contribution in [0, 0.1) is 0 Å². The number of fused-ring (bicyclic) bond motifs is 1. The van der Waals surface area contributed by atoms with Crippen molar-refractivity contribution in [3.8, 4) is 11.5 Å². The number of ether oxygens (including phenoxy) is 2. The molecule has 1 aliphatic heterocycles. The van der Waals surface area contributed by atoms with Crippen LogP contribution in [0.25, 0.3) is 0 Å². The van der Waals surface area contributed by atoms with E-state index in [0.29, 0.717) is 6.61 Å². The Labute approximate surface area is 78.8 Å². The van der Waals surface area contributed by atoms with Crippen molar-refractivity contribution in [2.45, 2.75) is 6.10 Å². The Hall–Kier alpha value is -0.770. The van der Waals surface area contributed by atoms with Gasteiger partial charge < -0.3 is 9.47 Å². The molecule has 0 bridgehead atoms. The molecule has 0 aliphatic carbocycles. The maximum Gasteiger partial charge on any atom is 0.180 e. The molecule has 0 fully saturated rings. The Kier molecular flexibility index (Phi) is 2.17. The SMILES string of the molecule is BrCC1COc2ccncc2O1. The van der Waals surface area contributed by atoms with E-state index < -0.39 is 0 Å². The molecule has 0 amide bonds. The lowest BCUT2D eigenvalue weighted by atomic mass is 10.3. The first-order chi connectivity index (χ1) is 5.90. The van der Waals surface area contributed by atoms with Crippen LogP contribution in [0.4, 0.5) is 0 Å². The van der Waals surface area contributed by atoms with E-state index in [4.69, 9.17) is 9.47 Å². The zero-order valence-corrected chi connectivity index (χ0v) is 7.95. The van der Waals surface area contributed by atoms with Gasteiger partial charge in [-0.2, -0.15) is 0 Å². The maximum atomic E-state index is 5.55. The third-order valence-electron chi connectivity index (χ3n) is 1.64. The van der Waals surface area contributed by atoms with Crippen molar-refractivity contribution < 1.29 is 9.47 Å². The van der Waals surface area contributed by atoms with Crippen molar-refractivity contribution in [1.29, 1.82) is 0 Å². The minimum atomic E-state index is 0.0988. The Bertz CT molecular complexity index is 280. The maximum absolute atomic E-state index is 5.55. The average molecular weight is 230 g/mol. The van der Waals surface area contributed by atoms with E-state index >= 15 is 0 Å². The minimum absolute atomic E-state index is 0.0988. The number of pyridine rings is 1. The quantitative estimate of drug-likeness (QED) is 0.687. The molecule has 4 heteroatoms. The topological polar surface area (TPSA) is 31.4 Å². The molecule has 1 aromatic rings. The molecule has 1 atom stereocenters. The van der Waals surface area contributed by atoms with E-state index in [2.05, 4.69) is 20.9 Å². The Morgan fingerprint density at radius 3 is 3.33 bits per heavy atom. The molecule has 3 nitrogen and oxygen atoms in total. The highest BCUT2D eigenvalue weighted by molar-refractivity contribution is 9.09. The fourth-order valence-corrected chi connectivity index (χ4v) is 1.37. The first-order valence-corrected chi connectivity index (χ1v) is 4.81. The lowest BCUT2D eigenvalue weighted by molar-refractivity contribution is 0.107. The minimum Gasteiger partial charge on any atom is -0.486 e. The second-order valence-electron chi connectivity index (χ2n) is 2.53. The third-order valence-corrected chi connectivity index (χ3v) is 2.36. The molecule has 0 saturated carbocycles. The summed E-state index contributed by atoms with van der Waals surface area (Å²) in [5.74, 6) is 1.51. The van der Waals surface area contributed by atoms with Gasteiger partial charge >= 0.3 is 0 Å². The Morgan fingerprint density at radius 2 is 2.50 bits per heavy atom. The van der Waals surface area contributed by atoms with Gasteiger partial charge in [-0.15, -0.1) is 0 Å². The molecule has 0 aromatic carbocycles. The first-order valence-electron chi connectivity index (χ1n) is 3.69. The zero-order valence-electron chi connectivity index (χ0n) is 6.37. The zero-order chi connectivity index (χ0) is 8.39.